The lowest BCUT2D eigenvalue weighted by atomic mass is 10.1. The monoisotopic (exact) mass is 458 g/mol. The maximum Gasteiger partial charge on any atom is 0.291 e. The molecule has 3 rings (SSSR count). The van der Waals surface area contributed by atoms with Gasteiger partial charge in [-0.05, 0) is 24.8 Å². The molecule has 0 saturated heterocycles. The molecule has 170 valence electrons. The van der Waals surface area contributed by atoms with Gasteiger partial charge in [-0.15, -0.1) is 11.3 Å². The molecule has 0 radical (unpaired) electrons. The van der Waals surface area contributed by atoms with Gasteiger partial charge in [0, 0.05) is 37.9 Å². The molecule has 10 nitrogen and oxygen atoms in total. The Kier molecular flexibility index (Phi) is 6.98. The van der Waals surface area contributed by atoms with Crippen molar-refractivity contribution in [2.45, 2.75) is 32.9 Å². The number of nitrogens with one attached hydrogen (secondary N) is 4. The number of hydrogen-bond donors (Lipinski definition) is 4. The van der Waals surface area contributed by atoms with Gasteiger partial charge in [-0.2, -0.15) is 0 Å². The van der Waals surface area contributed by atoms with Gasteiger partial charge in [-0.25, -0.2) is 4.68 Å². The molecule has 3 aromatic rings. The van der Waals surface area contributed by atoms with Crippen LogP contribution in [0.4, 0.5) is 17.1 Å². The van der Waals surface area contributed by atoms with Crippen LogP contribution in [-0.4, -0.2) is 39.7 Å². The Balaban J connectivity index is 2.12. The minimum absolute atomic E-state index is 0.0183. The SMILES string of the molecule is CCC(Nc1c(Nc2c[nH]cc(C(=O)N(C)C)c2=O)c(=O)n(CC)[nH]c1=O)c1cccs1. The molecule has 0 aromatic carbocycles. The molecule has 0 aliphatic rings. The normalized spacial score (nSPS) is 11.8. The molecule has 0 aliphatic heterocycles. The summed E-state index contributed by atoms with van der Waals surface area (Å²) >= 11 is 1.54. The van der Waals surface area contributed by atoms with Gasteiger partial charge in [0.2, 0.25) is 5.43 Å². The maximum atomic E-state index is 13.1. The Morgan fingerprint density at radius 2 is 1.94 bits per heavy atom. The summed E-state index contributed by atoms with van der Waals surface area (Å²) in [6.45, 7) is 3.92. The van der Waals surface area contributed by atoms with Crippen molar-refractivity contribution in [3.63, 3.8) is 0 Å². The molecule has 0 spiro atoms. The van der Waals surface area contributed by atoms with Crippen molar-refractivity contribution in [1.82, 2.24) is 19.7 Å². The van der Waals surface area contributed by atoms with E-state index in [1.165, 1.54) is 42.7 Å². The van der Waals surface area contributed by atoms with Crippen LogP contribution in [0.2, 0.25) is 0 Å². The lowest BCUT2D eigenvalue weighted by Gasteiger charge is -2.20. The van der Waals surface area contributed by atoms with Crippen LogP contribution in [-0.2, 0) is 6.54 Å². The van der Waals surface area contributed by atoms with E-state index in [9.17, 15) is 19.2 Å². The highest BCUT2D eigenvalue weighted by molar-refractivity contribution is 7.10. The van der Waals surface area contributed by atoms with Gasteiger partial charge in [0.1, 0.15) is 22.6 Å². The van der Waals surface area contributed by atoms with E-state index in [0.29, 0.717) is 6.42 Å². The van der Waals surface area contributed by atoms with E-state index in [4.69, 9.17) is 0 Å². The molecule has 3 heterocycles. The number of carbonyl (C=O) groups excluding carboxylic acids is 1. The third-order valence-electron chi connectivity index (χ3n) is 4.94. The summed E-state index contributed by atoms with van der Waals surface area (Å²) < 4.78 is 1.16. The van der Waals surface area contributed by atoms with Crippen molar-refractivity contribution in [2.75, 3.05) is 24.7 Å². The van der Waals surface area contributed by atoms with Gasteiger partial charge >= 0.3 is 0 Å². The van der Waals surface area contributed by atoms with Gasteiger partial charge in [-0.1, -0.05) is 13.0 Å². The van der Waals surface area contributed by atoms with Gasteiger partial charge in [0.25, 0.3) is 17.0 Å². The van der Waals surface area contributed by atoms with Crippen LogP contribution in [0.5, 0.6) is 0 Å². The first-order valence-electron chi connectivity index (χ1n) is 10.1. The molecule has 0 fully saturated rings. The molecular formula is C21H26N6O4S. The smallest absolute Gasteiger partial charge is 0.291 e. The third-order valence-corrected chi connectivity index (χ3v) is 5.93. The molecule has 1 atom stereocenters. The summed E-state index contributed by atoms with van der Waals surface area (Å²) in [6, 6.07) is 3.66. The fraction of sp³-hybridized carbons (Fsp3) is 0.333. The van der Waals surface area contributed by atoms with Crippen LogP contribution in [0.15, 0.2) is 44.3 Å². The van der Waals surface area contributed by atoms with Crippen molar-refractivity contribution in [2.24, 2.45) is 0 Å². The average molecular weight is 459 g/mol. The molecule has 0 aliphatic carbocycles. The van der Waals surface area contributed by atoms with Crippen molar-refractivity contribution in [1.29, 1.82) is 0 Å². The van der Waals surface area contributed by atoms with Crippen LogP contribution >= 0.6 is 11.3 Å². The van der Waals surface area contributed by atoms with Crippen molar-refractivity contribution in [3.8, 4) is 0 Å². The second kappa shape index (κ2) is 9.69. The van der Waals surface area contributed by atoms with E-state index in [0.717, 1.165) is 9.56 Å². The highest BCUT2D eigenvalue weighted by atomic mass is 32.1. The third kappa shape index (κ3) is 4.52. The number of nitrogens with zero attached hydrogens (tertiary/aromatic N) is 2. The first-order chi connectivity index (χ1) is 15.3. The van der Waals surface area contributed by atoms with E-state index in [2.05, 4.69) is 20.7 Å². The topological polar surface area (TPSA) is 132 Å². The second-order valence-electron chi connectivity index (χ2n) is 7.30. The van der Waals surface area contributed by atoms with E-state index < -0.39 is 22.5 Å². The summed E-state index contributed by atoms with van der Waals surface area (Å²) in [5.41, 5.74) is -1.72. The molecule has 0 bridgehead atoms. The zero-order valence-corrected chi connectivity index (χ0v) is 19.1. The van der Waals surface area contributed by atoms with Crippen molar-refractivity contribution >= 4 is 34.3 Å². The zero-order chi connectivity index (χ0) is 23.4. The van der Waals surface area contributed by atoms with E-state index in [-0.39, 0.29) is 35.2 Å². The highest BCUT2D eigenvalue weighted by Gasteiger charge is 2.21. The Morgan fingerprint density at radius 1 is 1.19 bits per heavy atom. The highest BCUT2D eigenvalue weighted by Crippen LogP contribution is 2.27. The lowest BCUT2D eigenvalue weighted by molar-refractivity contribution is 0.0826. The number of H-pyrrole nitrogens is 2. The summed E-state index contributed by atoms with van der Waals surface area (Å²) in [7, 11) is 3.08. The maximum absolute atomic E-state index is 13.1. The number of rotatable bonds is 8. The van der Waals surface area contributed by atoms with Gasteiger partial charge in [0.15, 0.2) is 0 Å². The van der Waals surface area contributed by atoms with Crippen molar-refractivity contribution in [3.05, 3.63) is 71.3 Å². The van der Waals surface area contributed by atoms with Gasteiger partial charge in [0.05, 0.1) is 6.04 Å². The largest absolute Gasteiger partial charge is 0.371 e. The molecule has 32 heavy (non-hydrogen) atoms. The number of amides is 1. The number of aryl methyl sites for hydroxylation is 1. The van der Waals surface area contributed by atoms with E-state index in [1.54, 1.807) is 6.92 Å². The fourth-order valence-electron chi connectivity index (χ4n) is 3.21. The number of aromatic nitrogens is 3. The summed E-state index contributed by atoms with van der Waals surface area (Å²) in [6.07, 6.45) is 3.33. The first kappa shape index (κ1) is 23.1. The zero-order valence-electron chi connectivity index (χ0n) is 18.3. The molecular weight excluding hydrogens is 432 g/mol. The minimum atomic E-state index is -0.582. The molecule has 4 N–H and O–H groups in total. The number of carbonyl (C=O) groups is 1. The van der Waals surface area contributed by atoms with Crippen LogP contribution < -0.4 is 27.2 Å². The van der Waals surface area contributed by atoms with E-state index >= 15 is 0 Å². The van der Waals surface area contributed by atoms with Crippen LogP contribution in [0.25, 0.3) is 0 Å². The van der Waals surface area contributed by atoms with Crippen LogP contribution in [0, 0.1) is 0 Å². The molecule has 1 amide bonds. The molecule has 11 heteroatoms. The van der Waals surface area contributed by atoms with Crippen molar-refractivity contribution < 1.29 is 4.79 Å². The average Bonchev–Trinajstić information content (AvgIpc) is 3.31. The number of thiophene rings is 1. The standard InChI is InChI=1S/C21H26N6O4S/c1-5-13(15-8-7-9-32-15)23-16-17(21(31)27(6-2)25-19(16)29)24-14-11-22-10-12(18(14)28)20(30)26(3)4/h7-11,13,23-24H,5-6H2,1-4H3,(H,22,28)(H,25,29). The van der Waals surface area contributed by atoms with E-state index in [1.807, 2.05) is 24.4 Å². The number of hydrogen-bond acceptors (Lipinski definition) is 7. The summed E-state index contributed by atoms with van der Waals surface area (Å²) in [5.74, 6) is -0.478. The molecule has 0 saturated carbocycles. The molecule has 3 aromatic heterocycles. The summed E-state index contributed by atoms with van der Waals surface area (Å²) in [5, 5.41) is 10.5. The molecule has 1 unspecified atom stereocenters. The van der Waals surface area contributed by atoms with Gasteiger partial charge < -0.3 is 20.5 Å². The quantitative estimate of drug-likeness (QED) is 0.410. The predicted molar refractivity (Wildman–Crippen MR) is 126 cm³/mol. The Labute approximate surface area is 187 Å². The van der Waals surface area contributed by atoms with Crippen LogP contribution in [0.1, 0.15) is 41.5 Å². The number of pyridine rings is 1. The Morgan fingerprint density at radius 3 is 2.53 bits per heavy atom. The fourth-order valence-corrected chi connectivity index (χ4v) is 4.07. The number of aromatic amines is 2. The van der Waals surface area contributed by atoms with Gasteiger partial charge in [-0.3, -0.25) is 24.3 Å². The van der Waals surface area contributed by atoms with Crippen LogP contribution in [0.3, 0.4) is 0 Å². The number of anilines is 3. The lowest BCUT2D eigenvalue weighted by Crippen LogP contribution is -2.34. The second-order valence-corrected chi connectivity index (χ2v) is 8.28. The predicted octanol–water partition coefficient (Wildman–Crippen LogP) is 2.31. The Bertz CT molecular complexity index is 1270. The summed E-state index contributed by atoms with van der Waals surface area (Å²) in [4.78, 5) is 56.2. The first-order valence-corrected chi connectivity index (χ1v) is 11.0. The Hall–Kier alpha value is -3.60. The minimum Gasteiger partial charge on any atom is -0.371 e.